The van der Waals surface area contributed by atoms with E-state index < -0.39 is 0 Å². The fraction of sp³-hybridized carbons (Fsp3) is 0.190. The second kappa shape index (κ2) is 6.13. The third kappa shape index (κ3) is 2.60. The first-order chi connectivity index (χ1) is 12.2. The molecule has 1 aliphatic heterocycles. The number of carbonyl (C=O) groups excluding carboxylic acids is 1. The van der Waals surface area contributed by atoms with Crippen molar-refractivity contribution >= 4 is 22.4 Å². The van der Waals surface area contributed by atoms with Crippen LogP contribution in [0.15, 0.2) is 54.6 Å². The molecule has 0 saturated carbocycles. The van der Waals surface area contributed by atoms with Crippen molar-refractivity contribution in [2.75, 3.05) is 19.5 Å². The summed E-state index contributed by atoms with van der Waals surface area (Å²) in [5.41, 5.74) is 2.96. The van der Waals surface area contributed by atoms with E-state index in [9.17, 15) is 4.79 Å². The molecular formula is C21H19NO3. The van der Waals surface area contributed by atoms with Gasteiger partial charge in [0.05, 0.1) is 19.9 Å². The maximum Gasteiger partial charge on any atom is 0.225 e. The van der Waals surface area contributed by atoms with Gasteiger partial charge >= 0.3 is 0 Å². The molecule has 0 aliphatic carbocycles. The molecule has 3 aromatic rings. The van der Waals surface area contributed by atoms with Gasteiger partial charge in [-0.1, -0.05) is 36.4 Å². The number of ether oxygens (including phenoxy) is 2. The molecule has 1 N–H and O–H groups in total. The SMILES string of the molecule is COc1ccc(OC)c([C@@H]2CC(=O)Nc3c2ccc2ccccc32)c1. The van der Waals surface area contributed by atoms with Gasteiger partial charge in [-0.15, -0.1) is 0 Å². The molecule has 1 heterocycles. The maximum atomic E-state index is 12.4. The van der Waals surface area contributed by atoms with Crippen LogP contribution in [-0.4, -0.2) is 20.1 Å². The minimum absolute atomic E-state index is 0.0127. The summed E-state index contributed by atoms with van der Waals surface area (Å²) in [4.78, 5) is 12.4. The van der Waals surface area contributed by atoms with Gasteiger partial charge in [-0.25, -0.2) is 0 Å². The molecule has 1 amide bonds. The summed E-state index contributed by atoms with van der Waals surface area (Å²) < 4.78 is 10.9. The van der Waals surface area contributed by atoms with E-state index in [4.69, 9.17) is 9.47 Å². The summed E-state index contributed by atoms with van der Waals surface area (Å²) in [6.07, 6.45) is 0.384. The Labute approximate surface area is 146 Å². The van der Waals surface area contributed by atoms with Crippen molar-refractivity contribution < 1.29 is 14.3 Å². The lowest BCUT2D eigenvalue weighted by atomic mass is 9.83. The van der Waals surface area contributed by atoms with E-state index in [1.54, 1.807) is 14.2 Å². The fourth-order valence-corrected chi connectivity index (χ4v) is 3.59. The summed E-state index contributed by atoms with van der Waals surface area (Å²) in [6, 6.07) is 18.0. The summed E-state index contributed by atoms with van der Waals surface area (Å²) >= 11 is 0. The Balaban J connectivity index is 1.94. The van der Waals surface area contributed by atoms with Crippen molar-refractivity contribution in [3.8, 4) is 11.5 Å². The van der Waals surface area contributed by atoms with Crippen molar-refractivity contribution in [1.82, 2.24) is 0 Å². The van der Waals surface area contributed by atoms with Crippen LogP contribution in [0.2, 0.25) is 0 Å². The first kappa shape index (κ1) is 15.5. The normalized spacial score (nSPS) is 16.2. The molecule has 126 valence electrons. The van der Waals surface area contributed by atoms with Crippen LogP contribution in [0, 0.1) is 0 Å². The minimum Gasteiger partial charge on any atom is -0.497 e. The molecule has 3 aromatic carbocycles. The predicted octanol–water partition coefficient (Wildman–Crippen LogP) is 4.33. The van der Waals surface area contributed by atoms with E-state index in [1.807, 2.05) is 36.4 Å². The number of benzene rings is 3. The van der Waals surface area contributed by atoms with Crippen molar-refractivity contribution in [2.24, 2.45) is 0 Å². The Bertz CT molecular complexity index is 965. The number of methoxy groups -OCH3 is 2. The smallest absolute Gasteiger partial charge is 0.225 e. The summed E-state index contributed by atoms with van der Waals surface area (Å²) in [5, 5.41) is 5.22. The Morgan fingerprint density at radius 3 is 2.60 bits per heavy atom. The monoisotopic (exact) mass is 333 g/mol. The fourth-order valence-electron chi connectivity index (χ4n) is 3.59. The Morgan fingerprint density at radius 1 is 0.960 bits per heavy atom. The average molecular weight is 333 g/mol. The van der Waals surface area contributed by atoms with Crippen LogP contribution in [0.1, 0.15) is 23.5 Å². The molecule has 1 atom stereocenters. The number of amides is 1. The highest BCUT2D eigenvalue weighted by molar-refractivity contribution is 6.06. The molecule has 0 saturated heterocycles. The number of fused-ring (bicyclic) bond motifs is 3. The molecule has 0 radical (unpaired) electrons. The van der Waals surface area contributed by atoms with E-state index in [1.165, 1.54) is 0 Å². The van der Waals surface area contributed by atoms with Crippen molar-refractivity contribution in [2.45, 2.75) is 12.3 Å². The number of carbonyl (C=O) groups is 1. The van der Waals surface area contributed by atoms with Gasteiger partial charge in [0.25, 0.3) is 0 Å². The van der Waals surface area contributed by atoms with Gasteiger partial charge in [0.2, 0.25) is 5.91 Å². The second-order valence-electron chi connectivity index (χ2n) is 6.16. The standard InChI is InChI=1S/C21H19NO3/c1-24-14-8-10-19(25-2)18(11-14)17-12-20(23)22-21-15-6-4-3-5-13(15)7-9-16(17)21/h3-11,17H,12H2,1-2H3,(H,22,23)/t17-/m1/s1. The maximum absolute atomic E-state index is 12.4. The van der Waals surface area contributed by atoms with Crippen LogP contribution < -0.4 is 14.8 Å². The minimum atomic E-state index is -0.0709. The summed E-state index contributed by atoms with van der Waals surface area (Å²) in [7, 11) is 3.29. The molecule has 25 heavy (non-hydrogen) atoms. The average Bonchev–Trinajstić information content (AvgIpc) is 2.66. The van der Waals surface area contributed by atoms with Gasteiger partial charge in [-0.05, 0) is 29.1 Å². The Hall–Kier alpha value is -3.01. The highest BCUT2D eigenvalue weighted by Gasteiger charge is 2.30. The third-order valence-corrected chi connectivity index (χ3v) is 4.80. The first-order valence-electron chi connectivity index (χ1n) is 8.24. The highest BCUT2D eigenvalue weighted by atomic mass is 16.5. The van der Waals surface area contributed by atoms with E-state index in [0.29, 0.717) is 6.42 Å². The molecule has 0 fully saturated rings. The van der Waals surface area contributed by atoms with Gasteiger partial charge in [0.1, 0.15) is 11.5 Å². The second-order valence-corrected chi connectivity index (χ2v) is 6.16. The van der Waals surface area contributed by atoms with E-state index in [2.05, 4.69) is 23.5 Å². The lowest BCUT2D eigenvalue weighted by Gasteiger charge is -2.28. The van der Waals surface area contributed by atoms with E-state index >= 15 is 0 Å². The van der Waals surface area contributed by atoms with Crippen LogP contribution in [0.3, 0.4) is 0 Å². The zero-order chi connectivity index (χ0) is 17.4. The largest absolute Gasteiger partial charge is 0.497 e. The Kier molecular flexibility index (Phi) is 3.80. The van der Waals surface area contributed by atoms with Gasteiger partial charge in [0, 0.05) is 23.3 Å². The third-order valence-electron chi connectivity index (χ3n) is 4.80. The molecule has 0 bridgehead atoms. The van der Waals surface area contributed by atoms with E-state index in [0.717, 1.165) is 39.1 Å². The Morgan fingerprint density at radius 2 is 1.80 bits per heavy atom. The zero-order valence-electron chi connectivity index (χ0n) is 14.2. The van der Waals surface area contributed by atoms with Gasteiger partial charge in [0.15, 0.2) is 0 Å². The summed E-state index contributed by atoms with van der Waals surface area (Å²) in [6.45, 7) is 0. The molecule has 4 heteroatoms. The van der Waals surface area contributed by atoms with Crippen LogP contribution in [0.5, 0.6) is 11.5 Å². The lowest BCUT2D eigenvalue weighted by molar-refractivity contribution is -0.116. The van der Waals surface area contributed by atoms with Crippen molar-refractivity contribution in [3.63, 3.8) is 0 Å². The molecule has 0 unspecified atom stereocenters. The molecular weight excluding hydrogens is 314 g/mol. The van der Waals surface area contributed by atoms with Gasteiger partial charge in [-0.3, -0.25) is 4.79 Å². The van der Waals surface area contributed by atoms with Crippen LogP contribution in [-0.2, 0) is 4.79 Å². The quantitative estimate of drug-likeness (QED) is 0.776. The van der Waals surface area contributed by atoms with Crippen LogP contribution >= 0.6 is 0 Å². The van der Waals surface area contributed by atoms with E-state index in [-0.39, 0.29) is 11.8 Å². The molecule has 4 rings (SSSR count). The zero-order valence-corrected chi connectivity index (χ0v) is 14.2. The lowest BCUT2D eigenvalue weighted by Crippen LogP contribution is -2.24. The number of hydrogen-bond acceptors (Lipinski definition) is 3. The molecule has 0 aromatic heterocycles. The van der Waals surface area contributed by atoms with Gasteiger partial charge in [-0.2, -0.15) is 0 Å². The first-order valence-corrected chi connectivity index (χ1v) is 8.24. The topological polar surface area (TPSA) is 47.6 Å². The number of nitrogens with one attached hydrogen (secondary N) is 1. The molecule has 4 nitrogen and oxygen atoms in total. The molecule has 1 aliphatic rings. The highest BCUT2D eigenvalue weighted by Crippen LogP contribution is 2.44. The number of anilines is 1. The van der Waals surface area contributed by atoms with Gasteiger partial charge < -0.3 is 14.8 Å². The van der Waals surface area contributed by atoms with Crippen molar-refractivity contribution in [3.05, 3.63) is 65.7 Å². The predicted molar refractivity (Wildman–Crippen MR) is 98.6 cm³/mol. The number of hydrogen-bond donors (Lipinski definition) is 1. The summed E-state index contributed by atoms with van der Waals surface area (Å²) in [5.74, 6) is 1.46. The van der Waals surface area contributed by atoms with Crippen LogP contribution in [0.4, 0.5) is 5.69 Å². The van der Waals surface area contributed by atoms with Crippen molar-refractivity contribution in [1.29, 1.82) is 0 Å². The molecule has 0 spiro atoms. The van der Waals surface area contributed by atoms with Crippen LogP contribution in [0.25, 0.3) is 10.8 Å². The number of rotatable bonds is 3.